The van der Waals surface area contributed by atoms with E-state index in [-0.39, 0.29) is 24.1 Å². The van der Waals surface area contributed by atoms with Crippen molar-refractivity contribution in [2.24, 2.45) is 0 Å². The molecule has 1 atom stereocenters. The van der Waals surface area contributed by atoms with Gasteiger partial charge >= 0.3 is 0 Å². The van der Waals surface area contributed by atoms with Crippen molar-refractivity contribution in [3.8, 4) is 0 Å². The third-order valence-corrected chi connectivity index (χ3v) is 5.72. The van der Waals surface area contributed by atoms with Crippen LogP contribution < -0.4 is 10.6 Å². The summed E-state index contributed by atoms with van der Waals surface area (Å²) in [6, 6.07) is 11.6. The van der Waals surface area contributed by atoms with E-state index in [0.29, 0.717) is 23.4 Å². The molecule has 1 saturated carbocycles. The Morgan fingerprint density at radius 3 is 2.68 bits per heavy atom. The molecule has 0 bridgehead atoms. The van der Waals surface area contributed by atoms with E-state index in [1.807, 2.05) is 44.2 Å². The number of aryl methyl sites for hydroxylation is 1. The Hall–Kier alpha value is -3.06. The Labute approximate surface area is 182 Å². The van der Waals surface area contributed by atoms with Crippen LogP contribution in [0.4, 0.5) is 5.95 Å². The van der Waals surface area contributed by atoms with Crippen LogP contribution in [-0.4, -0.2) is 44.2 Å². The zero-order chi connectivity index (χ0) is 21.8. The van der Waals surface area contributed by atoms with E-state index < -0.39 is 0 Å². The molecule has 1 aliphatic carbocycles. The van der Waals surface area contributed by atoms with Crippen LogP contribution in [0.3, 0.4) is 0 Å². The van der Waals surface area contributed by atoms with Crippen LogP contribution in [0, 0.1) is 6.92 Å². The van der Waals surface area contributed by atoms with Crippen LogP contribution in [0.15, 0.2) is 42.6 Å². The molecule has 7 heteroatoms. The summed E-state index contributed by atoms with van der Waals surface area (Å²) in [6.07, 6.45) is 5.54. The molecule has 1 aliphatic rings. The molecule has 162 valence electrons. The predicted molar refractivity (Wildman–Crippen MR) is 121 cm³/mol. The summed E-state index contributed by atoms with van der Waals surface area (Å²) < 4.78 is 0. The van der Waals surface area contributed by atoms with Crippen molar-refractivity contribution >= 4 is 22.8 Å². The average Bonchev–Trinajstić information content (AvgIpc) is 2.75. The molecule has 1 fully saturated rings. The molecule has 1 aromatic carbocycles. The summed E-state index contributed by atoms with van der Waals surface area (Å²) in [4.78, 5) is 26.6. The number of rotatable bonds is 6. The Morgan fingerprint density at radius 1 is 1.13 bits per heavy atom. The topological polar surface area (TPSA) is 100 Å². The number of pyridine rings is 1. The minimum absolute atomic E-state index is 0.0647. The van der Waals surface area contributed by atoms with Gasteiger partial charge < -0.3 is 15.7 Å². The van der Waals surface area contributed by atoms with Gasteiger partial charge in [-0.1, -0.05) is 18.2 Å². The molecule has 0 aliphatic heterocycles. The summed E-state index contributed by atoms with van der Waals surface area (Å²) in [6.45, 7) is 3.94. The number of hydrogen-bond donors (Lipinski definition) is 3. The molecular formula is C24H29N5O2. The SMILES string of the molecule is Cc1cccc(CC(C)NC(=O)c2cccc3cnc(NC4CCC(O)CC4)nc23)n1. The molecule has 0 spiro atoms. The van der Waals surface area contributed by atoms with Gasteiger partial charge in [-0.2, -0.15) is 0 Å². The highest BCUT2D eigenvalue weighted by molar-refractivity contribution is 6.05. The molecule has 0 saturated heterocycles. The molecule has 1 amide bonds. The second-order valence-electron chi connectivity index (χ2n) is 8.44. The third kappa shape index (κ3) is 5.35. The minimum atomic E-state index is -0.206. The van der Waals surface area contributed by atoms with Gasteiger partial charge in [0, 0.05) is 41.5 Å². The summed E-state index contributed by atoms with van der Waals surface area (Å²) in [5.41, 5.74) is 3.09. The van der Waals surface area contributed by atoms with E-state index in [2.05, 4.69) is 25.6 Å². The van der Waals surface area contributed by atoms with Gasteiger partial charge in [-0.05, 0) is 57.7 Å². The van der Waals surface area contributed by atoms with Gasteiger partial charge in [-0.15, -0.1) is 0 Å². The lowest BCUT2D eigenvalue weighted by atomic mass is 9.93. The van der Waals surface area contributed by atoms with Crippen molar-refractivity contribution in [3.05, 3.63) is 59.5 Å². The van der Waals surface area contributed by atoms with E-state index in [9.17, 15) is 9.90 Å². The number of hydrogen-bond acceptors (Lipinski definition) is 6. The van der Waals surface area contributed by atoms with E-state index in [1.54, 1.807) is 12.3 Å². The van der Waals surface area contributed by atoms with Crippen molar-refractivity contribution < 1.29 is 9.90 Å². The number of carbonyl (C=O) groups excluding carboxylic acids is 1. The van der Waals surface area contributed by atoms with Crippen LogP contribution in [0.5, 0.6) is 0 Å². The number of aromatic nitrogens is 3. The van der Waals surface area contributed by atoms with Crippen LogP contribution in [0.1, 0.15) is 54.4 Å². The summed E-state index contributed by atoms with van der Waals surface area (Å²) in [5.74, 6) is 0.363. The van der Waals surface area contributed by atoms with Crippen molar-refractivity contribution in [3.63, 3.8) is 0 Å². The lowest BCUT2D eigenvalue weighted by Gasteiger charge is -2.26. The van der Waals surface area contributed by atoms with E-state index >= 15 is 0 Å². The molecule has 7 nitrogen and oxygen atoms in total. The minimum Gasteiger partial charge on any atom is -0.393 e. The number of carbonyl (C=O) groups is 1. The standard InChI is InChI=1S/C24H29N5O2/c1-15-5-3-7-19(26-15)13-16(2)27-23(31)21-8-4-6-17-14-25-24(29-22(17)21)28-18-9-11-20(30)12-10-18/h3-8,14,16,18,20,30H,9-13H2,1-2H3,(H,27,31)(H,25,28,29). The number of amides is 1. The van der Waals surface area contributed by atoms with Crippen molar-refractivity contribution in [1.82, 2.24) is 20.3 Å². The van der Waals surface area contributed by atoms with Gasteiger partial charge in [0.15, 0.2) is 0 Å². The first-order valence-corrected chi connectivity index (χ1v) is 10.9. The Morgan fingerprint density at radius 2 is 1.90 bits per heavy atom. The highest BCUT2D eigenvalue weighted by Gasteiger charge is 2.20. The van der Waals surface area contributed by atoms with E-state index in [1.165, 1.54) is 0 Å². The molecule has 31 heavy (non-hydrogen) atoms. The second kappa shape index (κ2) is 9.39. The van der Waals surface area contributed by atoms with E-state index in [4.69, 9.17) is 0 Å². The lowest BCUT2D eigenvalue weighted by Crippen LogP contribution is -2.34. The third-order valence-electron chi connectivity index (χ3n) is 5.72. The number of anilines is 1. The summed E-state index contributed by atoms with van der Waals surface area (Å²) in [7, 11) is 0. The first kappa shape index (κ1) is 21.2. The molecule has 1 unspecified atom stereocenters. The monoisotopic (exact) mass is 419 g/mol. The van der Waals surface area contributed by atoms with Crippen LogP contribution in [-0.2, 0) is 6.42 Å². The van der Waals surface area contributed by atoms with Gasteiger partial charge in [0.1, 0.15) is 0 Å². The fourth-order valence-electron chi connectivity index (χ4n) is 4.09. The zero-order valence-corrected chi connectivity index (χ0v) is 18.0. The molecule has 0 radical (unpaired) electrons. The number of aliphatic hydroxyl groups excluding tert-OH is 1. The van der Waals surface area contributed by atoms with Crippen LogP contribution >= 0.6 is 0 Å². The Kier molecular flexibility index (Phi) is 6.42. The van der Waals surface area contributed by atoms with Crippen LogP contribution in [0.25, 0.3) is 10.9 Å². The summed E-state index contributed by atoms with van der Waals surface area (Å²) in [5, 5.41) is 17.0. The van der Waals surface area contributed by atoms with Gasteiger partial charge in [0.25, 0.3) is 5.91 Å². The molecule has 2 heterocycles. The van der Waals surface area contributed by atoms with Crippen molar-refractivity contribution in [1.29, 1.82) is 0 Å². The van der Waals surface area contributed by atoms with Crippen molar-refractivity contribution in [2.45, 2.75) is 64.1 Å². The highest BCUT2D eigenvalue weighted by Crippen LogP contribution is 2.23. The predicted octanol–water partition coefficient (Wildman–Crippen LogP) is 3.41. The maximum atomic E-state index is 13.0. The lowest BCUT2D eigenvalue weighted by molar-refractivity contribution is 0.0941. The molecular weight excluding hydrogens is 390 g/mol. The maximum Gasteiger partial charge on any atom is 0.253 e. The average molecular weight is 420 g/mol. The fraction of sp³-hybridized carbons (Fsp3) is 0.417. The molecule has 4 rings (SSSR count). The quantitative estimate of drug-likeness (QED) is 0.566. The Bertz CT molecular complexity index is 1060. The van der Waals surface area contributed by atoms with Gasteiger partial charge in [-0.3, -0.25) is 9.78 Å². The van der Waals surface area contributed by atoms with Gasteiger partial charge in [0.05, 0.1) is 17.2 Å². The largest absolute Gasteiger partial charge is 0.393 e. The number of para-hydroxylation sites is 1. The van der Waals surface area contributed by atoms with Crippen molar-refractivity contribution in [2.75, 3.05) is 5.32 Å². The normalized spacial score (nSPS) is 19.7. The highest BCUT2D eigenvalue weighted by atomic mass is 16.3. The molecule has 2 aromatic heterocycles. The molecule has 3 N–H and O–H groups in total. The first-order valence-electron chi connectivity index (χ1n) is 10.9. The zero-order valence-electron chi connectivity index (χ0n) is 18.0. The number of nitrogens with one attached hydrogen (secondary N) is 2. The smallest absolute Gasteiger partial charge is 0.253 e. The van der Waals surface area contributed by atoms with Gasteiger partial charge in [0.2, 0.25) is 5.95 Å². The first-order chi connectivity index (χ1) is 15.0. The number of nitrogens with zero attached hydrogens (tertiary/aromatic N) is 3. The maximum absolute atomic E-state index is 13.0. The Balaban J connectivity index is 1.48. The molecule has 3 aromatic rings. The van der Waals surface area contributed by atoms with E-state index in [0.717, 1.165) is 42.5 Å². The summed E-state index contributed by atoms with van der Waals surface area (Å²) >= 11 is 0. The number of benzene rings is 1. The fourth-order valence-corrected chi connectivity index (χ4v) is 4.09. The number of aliphatic hydroxyl groups is 1. The number of fused-ring (bicyclic) bond motifs is 1. The van der Waals surface area contributed by atoms with Gasteiger partial charge in [-0.25, -0.2) is 9.97 Å². The van der Waals surface area contributed by atoms with Crippen LogP contribution in [0.2, 0.25) is 0 Å². The second-order valence-corrected chi connectivity index (χ2v) is 8.44.